The summed E-state index contributed by atoms with van der Waals surface area (Å²) >= 11 is 0. The second kappa shape index (κ2) is 7.56. The second-order valence-corrected chi connectivity index (χ2v) is 7.51. The van der Waals surface area contributed by atoms with Gasteiger partial charge in [0.1, 0.15) is 5.82 Å². The third-order valence-electron chi connectivity index (χ3n) is 4.29. The molecule has 0 bridgehead atoms. The molecule has 0 radical (unpaired) electrons. The van der Waals surface area contributed by atoms with Gasteiger partial charge in [0.25, 0.3) is 0 Å². The molecule has 4 rings (SSSR count). The van der Waals surface area contributed by atoms with Gasteiger partial charge < -0.3 is 0 Å². The van der Waals surface area contributed by atoms with Gasteiger partial charge in [0.2, 0.25) is 0 Å². The van der Waals surface area contributed by atoms with Crippen LogP contribution >= 0.6 is 0 Å². The van der Waals surface area contributed by atoms with Crippen molar-refractivity contribution in [2.24, 2.45) is 0 Å². The van der Waals surface area contributed by atoms with E-state index in [0.717, 1.165) is 32.4 Å². The Labute approximate surface area is 161 Å². The highest BCUT2D eigenvalue weighted by Crippen LogP contribution is 2.25. The minimum atomic E-state index is -1.27. The Balaban J connectivity index is 1.73. The van der Waals surface area contributed by atoms with Gasteiger partial charge in [0.05, 0.1) is 10.8 Å². The van der Waals surface area contributed by atoms with Crippen LogP contribution in [0.5, 0.6) is 0 Å². The molecule has 3 aromatic carbocycles. The van der Waals surface area contributed by atoms with Crippen LogP contribution in [0.2, 0.25) is 0 Å². The van der Waals surface area contributed by atoms with Crippen LogP contribution in [0.1, 0.15) is 5.56 Å². The predicted octanol–water partition coefficient (Wildman–Crippen LogP) is 5.35. The van der Waals surface area contributed by atoms with Gasteiger partial charge in [0.15, 0.2) is 0 Å². The Morgan fingerprint density at radius 2 is 1.63 bits per heavy atom. The minimum absolute atomic E-state index is 0.747. The first-order valence-corrected chi connectivity index (χ1v) is 9.75. The van der Waals surface area contributed by atoms with Crippen LogP contribution in [0, 0.1) is 0 Å². The van der Waals surface area contributed by atoms with Crippen molar-refractivity contribution in [3.8, 4) is 17.1 Å². The molecule has 132 valence electrons. The van der Waals surface area contributed by atoms with Crippen LogP contribution in [0.25, 0.3) is 23.2 Å². The lowest BCUT2D eigenvalue weighted by Crippen LogP contribution is -1.98. The molecular formula is C23H18N2OS. The van der Waals surface area contributed by atoms with E-state index in [0.29, 0.717) is 0 Å². The van der Waals surface area contributed by atoms with E-state index in [-0.39, 0.29) is 0 Å². The zero-order valence-corrected chi connectivity index (χ0v) is 15.5. The zero-order valence-electron chi connectivity index (χ0n) is 14.7. The largest absolute Gasteiger partial charge is 0.300 e. The Kier molecular flexibility index (Phi) is 4.81. The number of nitrogens with zero attached hydrogens (tertiary/aromatic N) is 2. The maximum absolute atomic E-state index is 13.0. The number of hydrogen-bond donors (Lipinski definition) is 0. The van der Waals surface area contributed by atoms with Crippen LogP contribution in [0.4, 0.5) is 0 Å². The average Bonchev–Trinajstić information content (AvgIpc) is 3.24. The lowest BCUT2D eigenvalue weighted by atomic mass is 10.2. The Bertz CT molecular complexity index is 1120. The molecule has 4 heteroatoms. The molecule has 1 atom stereocenters. The SMILES string of the molecule is C=Cc1cccc(S(=O)c2cccc(-c3nccn3-c3ccccc3)c2)c1. The summed E-state index contributed by atoms with van der Waals surface area (Å²) in [7, 11) is -1.27. The van der Waals surface area contributed by atoms with Crippen molar-refractivity contribution in [2.75, 3.05) is 0 Å². The van der Waals surface area contributed by atoms with Gasteiger partial charge >= 0.3 is 0 Å². The van der Waals surface area contributed by atoms with Crippen molar-refractivity contribution in [3.63, 3.8) is 0 Å². The third kappa shape index (κ3) is 3.52. The monoisotopic (exact) mass is 370 g/mol. The summed E-state index contributed by atoms with van der Waals surface area (Å²) in [5, 5.41) is 0. The number of para-hydroxylation sites is 1. The molecule has 1 heterocycles. The fourth-order valence-corrected chi connectivity index (χ4v) is 4.11. The van der Waals surface area contributed by atoms with Crippen molar-refractivity contribution in [1.29, 1.82) is 0 Å². The van der Waals surface area contributed by atoms with Gasteiger partial charge in [-0.3, -0.25) is 4.57 Å². The number of rotatable bonds is 5. The molecular weight excluding hydrogens is 352 g/mol. The normalized spacial score (nSPS) is 11.9. The molecule has 1 unspecified atom stereocenters. The van der Waals surface area contributed by atoms with Crippen molar-refractivity contribution in [3.05, 3.63) is 103 Å². The molecule has 0 amide bonds. The van der Waals surface area contributed by atoms with E-state index in [1.807, 2.05) is 89.6 Å². The van der Waals surface area contributed by atoms with E-state index in [4.69, 9.17) is 0 Å². The predicted molar refractivity (Wildman–Crippen MR) is 110 cm³/mol. The van der Waals surface area contributed by atoms with Crippen molar-refractivity contribution in [2.45, 2.75) is 9.79 Å². The molecule has 0 aliphatic carbocycles. The Morgan fingerprint density at radius 1 is 0.889 bits per heavy atom. The fraction of sp³-hybridized carbons (Fsp3) is 0. The molecule has 0 aliphatic heterocycles. The standard InChI is InChI=1S/C23H18N2OS/c1-2-18-8-6-12-21(16-18)27(26)22-13-7-9-19(17-22)23-24-14-15-25(23)20-10-4-3-5-11-20/h2-17H,1H2. The van der Waals surface area contributed by atoms with Crippen molar-refractivity contribution in [1.82, 2.24) is 9.55 Å². The molecule has 1 aromatic heterocycles. The van der Waals surface area contributed by atoms with Crippen LogP contribution in [0.15, 0.2) is 108 Å². The van der Waals surface area contributed by atoms with E-state index in [1.54, 1.807) is 12.3 Å². The molecule has 0 aliphatic rings. The van der Waals surface area contributed by atoms with Crippen molar-refractivity contribution >= 4 is 16.9 Å². The highest BCUT2D eigenvalue weighted by atomic mass is 32.2. The fourth-order valence-electron chi connectivity index (χ4n) is 2.96. The first-order valence-electron chi connectivity index (χ1n) is 8.60. The summed E-state index contributed by atoms with van der Waals surface area (Å²) in [5.74, 6) is 0.819. The number of imidazole rings is 1. The van der Waals surface area contributed by atoms with Gasteiger partial charge in [-0.05, 0) is 42.0 Å². The molecule has 0 spiro atoms. The number of aromatic nitrogens is 2. The molecule has 3 nitrogen and oxygen atoms in total. The summed E-state index contributed by atoms with van der Waals surface area (Å²) in [5.41, 5.74) is 2.92. The molecule has 0 N–H and O–H groups in total. The van der Waals surface area contributed by atoms with E-state index in [2.05, 4.69) is 11.6 Å². The second-order valence-electron chi connectivity index (χ2n) is 6.03. The summed E-state index contributed by atoms with van der Waals surface area (Å²) in [6.07, 6.45) is 5.47. The highest BCUT2D eigenvalue weighted by molar-refractivity contribution is 7.85. The summed E-state index contributed by atoms with van der Waals surface area (Å²) in [4.78, 5) is 6.02. The lowest BCUT2D eigenvalue weighted by Gasteiger charge is -2.09. The first kappa shape index (κ1) is 17.2. The van der Waals surface area contributed by atoms with Crippen LogP contribution < -0.4 is 0 Å². The average molecular weight is 370 g/mol. The Morgan fingerprint density at radius 3 is 2.41 bits per heavy atom. The molecule has 4 aromatic rings. The number of hydrogen-bond acceptors (Lipinski definition) is 2. The van der Waals surface area contributed by atoms with Gasteiger partial charge in [-0.25, -0.2) is 9.19 Å². The van der Waals surface area contributed by atoms with E-state index >= 15 is 0 Å². The maximum atomic E-state index is 13.0. The van der Waals surface area contributed by atoms with Crippen LogP contribution in [-0.2, 0) is 10.8 Å². The number of benzene rings is 3. The van der Waals surface area contributed by atoms with Crippen molar-refractivity contribution < 1.29 is 4.21 Å². The quantitative estimate of drug-likeness (QED) is 0.475. The first-order chi connectivity index (χ1) is 13.3. The van der Waals surface area contributed by atoms with Gasteiger partial charge in [-0.15, -0.1) is 0 Å². The minimum Gasteiger partial charge on any atom is -0.300 e. The molecule has 0 fully saturated rings. The van der Waals surface area contributed by atoms with E-state index < -0.39 is 10.8 Å². The summed E-state index contributed by atoms with van der Waals surface area (Å²) in [6.45, 7) is 3.78. The zero-order chi connectivity index (χ0) is 18.6. The Hall–Kier alpha value is -3.24. The molecule has 27 heavy (non-hydrogen) atoms. The van der Waals surface area contributed by atoms with Gasteiger partial charge in [-0.1, -0.05) is 55.1 Å². The molecule has 0 saturated carbocycles. The van der Waals surface area contributed by atoms with E-state index in [1.165, 1.54) is 0 Å². The smallest absolute Gasteiger partial charge is 0.144 e. The summed E-state index contributed by atoms with van der Waals surface area (Å²) < 4.78 is 15.1. The lowest BCUT2D eigenvalue weighted by molar-refractivity contribution is 0.683. The van der Waals surface area contributed by atoms with Gasteiger partial charge in [-0.2, -0.15) is 0 Å². The summed E-state index contributed by atoms with van der Waals surface area (Å²) in [6, 6.07) is 25.4. The van der Waals surface area contributed by atoms with Gasteiger partial charge in [0, 0.05) is 33.4 Å². The van der Waals surface area contributed by atoms with Crippen LogP contribution in [0.3, 0.4) is 0 Å². The topological polar surface area (TPSA) is 34.9 Å². The van der Waals surface area contributed by atoms with Crippen LogP contribution in [-0.4, -0.2) is 13.8 Å². The highest BCUT2D eigenvalue weighted by Gasteiger charge is 2.12. The van der Waals surface area contributed by atoms with E-state index in [9.17, 15) is 4.21 Å². The third-order valence-corrected chi connectivity index (χ3v) is 5.65. The molecule has 0 saturated heterocycles. The maximum Gasteiger partial charge on any atom is 0.144 e.